The molecule has 0 unspecified atom stereocenters. The van der Waals surface area contributed by atoms with Crippen LogP contribution in [0.3, 0.4) is 0 Å². The van der Waals surface area contributed by atoms with Crippen LogP contribution < -0.4 is 0 Å². The molecule has 2 aromatic heterocycles. The summed E-state index contributed by atoms with van der Waals surface area (Å²) >= 11 is 15.9. The number of hydrogen-bond donors (Lipinski definition) is 0. The van der Waals surface area contributed by atoms with E-state index in [4.69, 9.17) is 23.2 Å². The summed E-state index contributed by atoms with van der Waals surface area (Å²) in [6.07, 6.45) is 0. The van der Waals surface area contributed by atoms with Gasteiger partial charge in [-0.2, -0.15) is 0 Å². The lowest BCUT2D eigenvalue weighted by Gasteiger charge is -2.33. The van der Waals surface area contributed by atoms with Crippen LogP contribution in [0.4, 0.5) is 0 Å². The van der Waals surface area contributed by atoms with Gasteiger partial charge in [0, 0.05) is 44.0 Å². The van der Waals surface area contributed by atoms with Crippen LogP contribution in [0.25, 0.3) is 17.1 Å². The van der Waals surface area contributed by atoms with Crippen LogP contribution in [-0.2, 0) is 10.5 Å². The molecule has 0 saturated carbocycles. The first-order valence-corrected chi connectivity index (χ1v) is 14.1. The summed E-state index contributed by atoms with van der Waals surface area (Å²) < 4.78 is 1.89. The molecule has 1 fully saturated rings. The van der Waals surface area contributed by atoms with E-state index in [1.54, 1.807) is 22.1 Å². The van der Waals surface area contributed by atoms with Gasteiger partial charge in [0.1, 0.15) is 10.7 Å². The molecule has 0 bridgehead atoms. The highest BCUT2D eigenvalue weighted by atomic mass is 35.5. The van der Waals surface area contributed by atoms with Crippen molar-refractivity contribution in [1.82, 2.24) is 29.5 Å². The molecular weight excluding hydrogens is 551 g/mol. The number of thiazole rings is 1. The van der Waals surface area contributed by atoms with Crippen molar-refractivity contribution in [3.8, 4) is 17.1 Å². The first-order valence-electron chi connectivity index (χ1n) is 11.5. The number of aromatic nitrogens is 4. The lowest BCUT2D eigenvalue weighted by molar-refractivity contribution is -0.130. The van der Waals surface area contributed by atoms with E-state index in [9.17, 15) is 9.59 Å². The maximum atomic E-state index is 12.9. The summed E-state index contributed by atoms with van der Waals surface area (Å²) in [7, 11) is 0. The molecule has 2 amide bonds. The second-order valence-corrected chi connectivity index (χ2v) is 11.0. The first-order chi connectivity index (χ1) is 17.9. The number of carbonyl (C=O) groups is 2. The number of rotatable bonds is 6. The molecule has 5 rings (SSSR count). The Morgan fingerprint density at radius 3 is 2.32 bits per heavy atom. The molecule has 4 aromatic rings. The summed E-state index contributed by atoms with van der Waals surface area (Å²) in [6, 6.07) is 15.0. The van der Waals surface area contributed by atoms with Crippen LogP contribution in [0.1, 0.15) is 22.4 Å². The molecule has 37 heavy (non-hydrogen) atoms. The highest BCUT2D eigenvalue weighted by molar-refractivity contribution is 7.98. The number of thioether (sulfide) groups is 1. The van der Waals surface area contributed by atoms with Crippen molar-refractivity contribution >= 4 is 58.1 Å². The lowest BCUT2D eigenvalue weighted by atomic mass is 10.2. The number of hydrogen-bond acceptors (Lipinski definition) is 7. The summed E-state index contributed by atoms with van der Waals surface area (Å²) in [5, 5.41) is 13.2. The molecule has 3 heterocycles. The summed E-state index contributed by atoms with van der Waals surface area (Å²) in [4.78, 5) is 32.6. The fraction of sp³-hybridized carbons (Fsp3) is 0.240. The van der Waals surface area contributed by atoms with Gasteiger partial charge in [0.15, 0.2) is 11.0 Å². The van der Waals surface area contributed by atoms with Crippen molar-refractivity contribution in [3.63, 3.8) is 0 Å². The smallest absolute Gasteiger partial charge is 0.273 e. The fourth-order valence-electron chi connectivity index (χ4n) is 4.02. The zero-order valence-electron chi connectivity index (χ0n) is 19.8. The van der Waals surface area contributed by atoms with Crippen molar-refractivity contribution in [2.75, 3.05) is 26.2 Å². The minimum atomic E-state index is -0.115. The van der Waals surface area contributed by atoms with E-state index in [2.05, 4.69) is 15.2 Å². The fourth-order valence-corrected chi connectivity index (χ4v) is 6.19. The molecule has 0 radical (unpaired) electrons. The van der Waals surface area contributed by atoms with E-state index in [1.807, 2.05) is 53.1 Å². The molecule has 0 spiro atoms. The molecule has 1 aliphatic heterocycles. The van der Waals surface area contributed by atoms with Gasteiger partial charge in [-0.05, 0) is 24.3 Å². The van der Waals surface area contributed by atoms with E-state index in [0.29, 0.717) is 58.7 Å². The number of benzene rings is 2. The van der Waals surface area contributed by atoms with Crippen LogP contribution in [0.15, 0.2) is 59.1 Å². The van der Waals surface area contributed by atoms with Gasteiger partial charge in [-0.1, -0.05) is 59.2 Å². The van der Waals surface area contributed by atoms with Crippen molar-refractivity contribution < 1.29 is 9.59 Å². The first kappa shape index (κ1) is 25.7. The molecule has 2 aromatic carbocycles. The number of para-hydroxylation sites is 1. The second kappa shape index (κ2) is 11.2. The van der Waals surface area contributed by atoms with Crippen LogP contribution in [-0.4, -0.2) is 67.5 Å². The summed E-state index contributed by atoms with van der Waals surface area (Å²) in [6.45, 7) is 3.64. The van der Waals surface area contributed by atoms with Gasteiger partial charge in [0.25, 0.3) is 5.91 Å². The third-order valence-electron chi connectivity index (χ3n) is 5.95. The van der Waals surface area contributed by atoms with Gasteiger partial charge in [0.2, 0.25) is 5.91 Å². The van der Waals surface area contributed by atoms with E-state index in [-0.39, 0.29) is 11.8 Å². The minimum absolute atomic E-state index is 0.0300. The number of piperazine rings is 1. The number of amides is 2. The van der Waals surface area contributed by atoms with Gasteiger partial charge < -0.3 is 9.80 Å². The van der Waals surface area contributed by atoms with Gasteiger partial charge >= 0.3 is 0 Å². The SMILES string of the molecule is CC(=O)N1CCN(C(=O)c2csc(CSc3nnc(-c4ccccc4Cl)n3-c3ccccc3Cl)n2)CC1. The average Bonchev–Trinajstić information content (AvgIpc) is 3.55. The largest absolute Gasteiger partial charge is 0.339 e. The Hall–Kier alpha value is -2.92. The Balaban J connectivity index is 1.35. The predicted octanol–water partition coefficient (Wildman–Crippen LogP) is 5.29. The van der Waals surface area contributed by atoms with E-state index < -0.39 is 0 Å². The normalized spacial score (nSPS) is 13.7. The molecule has 0 N–H and O–H groups in total. The van der Waals surface area contributed by atoms with Gasteiger partial charge in [-0.15, -0.1) is 21.5 Å². The molecule has 190 valence electrons. The third-order valence-corrected chi connectivity index (χ3v) is 8.57. The van der Waals surface area contributed by atoms with Gasteiger partial charge in [0.05, 0.1) is 21.5 Å². The number of halogens is 2. The maximum Gasteiger partial charge on any atom is 0.273 e. The molecule has 0 atom stereocenters. The Kier molecular flexibility index (Phi) is 7.80. The highest BCUT2D eigenvalue weighted by Crippen LogP contribution is 2.35. The zero-order valence-corrected chi connectivity index (χ0v) is 22.9. The summed E-state index contributed by atoms with van der Waals surface area (Å²) in [5.74, 6) is 1.00. The van der Waals surface area contributed by atoms with E-state index in [0.717, 1.165) is 16.3 Å². The molecular formula is C25H22Cl2N6O2S2. The maximum absolute atomic E-state index is 12.9. The zero-order chi connectivity index (χ0) is 25.9. The second-order valence-electron chi connectivity index (χ2n) is 8.29. The third kappa shape index (κ3) is 5.52. The molecule has 12 heteroatoms. The van der Waals surface area contributed by atoms with Gasteiger partial charge in [-0.25, -0.2) is 4.98 Å². The summed E-state index contributed by atoms with van der Waals surface area (Å²) in [5.41, 5.74) is 1.91. The Bertz CT molecular complexity index is 1450. The average molecular weight is 574 g/mol. The molecule has 1 aliphatic rings. The monoisotopic (exact) mass is 572 g/mol. The van der Waals surface area contributed by atoms with Crippen LogP contribution in [0.5, 0.6) is 0 Å². The van der Waals surface area contributed by atoms with E-state index in [1.165, 1.54) is 23.1 Å². The quantitative estimate of drug-likeness (QED) is 0.292. The predicted molar refractivity (Wildman–Crippen MR) is 147 cm³/mol. The van der Waals surface area contributed by atoms with Crippen LogP contribution >= 0.6 is 46.3 Å². The van der Waals surface area contributed by atoms with Crippen LogP contribution in [0.2, 0.25) is 10.0 Å². The topological polar surface area (TPSA) is 84.2 Å². The lowest BCUT2D eigenvalue weighted by Crippen LogP contribution is -2.50. The molecule has 0 aliphatic carbocycles. The highest BCUT2D eigenvalue weighted by Gasteiger charge is 2.25. The minimum Gasteiger partial charge on any atom is -0.339 e. The number of carbonyl (C=O) groups excluding carboxylic acids is 2. The van der Waals surface area contributed by atoms with Crippen molar-refractivity contribution in [2.24, 2.45) is 0 Å². The Labute approximate surface area is 232 Å². The Morgan fingerprint density at radius 2 is 1.62 bits per heavy atom. The Morgan fingerprint density at radius 1 is 0.946 bits per heavy atom. The van der Waals surface area contributed by atoms with E-state index >= 15 is 0 Å². The molecule has 8 nitrogen and oxygen atoms in total. The standard InChI is InChI=1S/C25H22Cl2N6O2S2/c1-16(34)31-10-12-32(13-11-31)24(35)20-14-36-22(28-20)15-37-25-30-29-23(17-6-2-3-7-18(17)26)33(25)21-9-5-4-8-19(21)27/h2-9,14H,10-13,15H2,1H3. The van der Waals surface area contributed by atoms with Crippen LogP contribution in [0, 0.1) is 0 Å². The van der Waals surface area contributed by atoms with Crippen molar-refractivity contribution in [3.05, 3.63) is 74.7 Å². The molecule has 1 saturated heterocycles. The van der Waals surface area contributed by atoms with Crippen molar-refractivity contribution in [1.29, 1.82) is 0 Å². The number of nitrogens with zero attached hydrogens (tertiary/aromatic N) is 6. The van der Waals surface area contributed by atoms with Crippen molar-refractivity contribution in [2.45, 2.75) is 17.8 Å². The van der Waals surface area contributed by atoms with Gasteiger partial charge in [-0.3, -0.25) is 14.2 Å².